The van der Waals surface area contributed by atoms with Crippen LogP contribution in [0.2, 0.25) is 0 Å². The lowest BCUT2D eigenvalue weighted by molar-refractivity contribution is 0.503. The molecular formula is C11H10N2O2S. The van der Waals surface area contributed by atoms with E-state index in [4.69, 9.17) is 4.42 Å². The highest BCUT2D eigenvalue weighted by molar-refractivity contribution is 8.12. The molecule has 0 saturated heterocycles. The van der Waals surface area contributed by atoms with E-state index in [1.807, 2.05) is 29.8 Å². The van der Waals surface area contributed by atoms with Crippen molar-refractivity contribution in [2.75, 3.05) is 6.54 Å². The summed E-state index contributed by atoms with van der Waals surface area (Å²) in [6, 6.07) is 7.49. The Morgan fingerprint density at radius 2 is 2.38 bits per heavy atom. The molecule has 5 heteroatoms. The predicted octanol–water partition coefficient (Wildman–Crippen LogP) is 1.74. The SMILES string of the molecule is O=c1oc2ccccc2n1CC1CN=CS1. The molecule has 3 rings (SSSR count). The maximum atomic E-state index is 11.7. The molecule has 1 aliphatic heterocycles. The average Bonchev–Trinajstić information content (AvgIpc) is 2.89. The first-order valence-corrected chi connectivity index (χ1v) is 6.01. The van der Waals surface area contributed by atoms with E-state index >= 15 is 0 Å². The van der Waals surface area contributed by atoms with Crippen LogP contribution in [0.25, 0.3) is 11.1 Å². The molecule has 1 aromatic heterocycles. The van der Waals surface area contributed by atoms with Crippen LogP contribution in [0.5, 0.6) is 0 Å². The van der Waals surface area contributed by atoms with Gasteiger partial charge in [-0.25, -0.2) is 4.79 Å². The maximum Gasteiger partial charge on any atom is 0.419 e. The summed E-state index contributed by atoms with van der Waals surface area (Å²) in [4.78, 5) is 15.8. The van der Waals surface area contributed by atoms with E-state index in [1.165, 1.54) is 0 Å². The number of thioether (sulfide) groups is 1. The minimum atomic E-state index is -0.284. The van der Waals surface area contributed by atoms with Crippen LogP contribution >= 0.6 is 11.8 Å². The highest BCUT2D eigenvalue weighted by Crippen LogP contribution is 2.19. The van der Waals surface area contributed by atoms with Gasteiger partial charge in [-0.15, -0.1) is 11.8 Å². The number of rotatable bonds is 2. The number of aromatic nitrogens is 1. The van der Waals surface area contributed by atoms with E-state index in [-0.39, 0.29) is 5.76 Å². The Morgan fingerprint density at radius 3 is 3.19 bits per heavy atom. The van der Waals surface area contributed by atoms with Crippen LogP contribution in [0.15, 0.2) is 38.5 Å². The van der Waals surface area contributed by atoms with Gasteiger partial charge in [-0.2, -0.15) is 0 Å². The quantitative estimate of drug-likeness (QED) is 0.795. The second-order valence-electron chi connectivity index (χ2n) is 3.67. The highest BCUT2D eigenvalue weighted by Gasteiger charge is 2.16. The van der Waals surface area contributed by atoms with E-state index in [0.717, 1.165) is 12.1 Å². The van der Waals surface area contributed by atoms with Crippen molar-refractivity contribution in [3.05, 3.63) is 34.8 Å². The van der Waals surface area contributed by atoms with Crippen LogP contribution in [0.3, 0.4) is 0 Å². The summed E-state index contributed by atoms with van der Waals surface area (Å²) in [5.74, 6) is -0.284. The Morgan fingerprint density at radius 1 is 1.50 bits per heavy atom. The van der Waals surface area contributed by atoms with Gasteiger partial charge in [0.25, 0.3) is 0 Å². The van der Waals surface area contributed by atoms with Gasteiger partial charge >= 0.3 is 5.76 Å². The Kier molecular flexibility index (Phi) is 2.32. The molecule has 1 atom stereocenters. The van der Waals surface area contributed by atoms with Crippen molar-refractivity contribution in [3.63, 3.8) is 0 Å². The Bertz CT molecular complexity index is 591. The minimum Gasteiger partial charge on any atom is -0.408 e. The summed E-state index contributed by atoms with van der Waals surface area (Å²) in [5, 5.41) is 0.346. The zero-order valence-corrected chi connectivity index (χ0v) is 9.31. The summed E-state index contributed by atoms with van der Waals surface area (Å²) in [6.07, 6.45) is 0. The fraction of sp³-hybridized carbons (Fsp3) is 0.273. The third-order valence-corrected chi connectivity index (χ3v) is 3.55. The molecule has 82 valence electrons. The number of hydrogen-bond acceptors (Lipinski definition) is 4. The first-order chi connectivity index (χ1) is 7.84. The summed E-state index contributed by atoms with van der Waals surface area (Å²) >= 11 is 1.66. The molecule has 0 saturated carbocycles. The fourth-order valence-electron chi connectivity index (χ4n) is 1.82. The van der Waals surface area contributed by atoms with Crippen LogP contribution in [-0.2, 0) is 6.54 Å². The molecule has 1 aliphatic rings. The largest absolute Gasteiger partial charge is 0.419 e. The summed E-state index contributed by atoms with van der Waals surface area (Å²) in [6.45, 7) is 1.43. The molecule has 0 aliphatic carbocycles. The number of nitrogens with zero attached hydrogens (tertiary/aromatic N) is 2. The molecule has 0 N–H and O–H groups in total. The molecule has 0 bridgehead atoms. The number of benzene rings is 1. The highest BCUT2D eigenvalue weighted by atomic mass is 32.2. The Balaban J connectivity index is 2.02. The first-order valence-electron chi connectivity index (χ1n) is 5.07. The molecule has 2 aromatic rings. The van der Waals surface area contributed by atoms with E-state index in [9.17, 15) is 4.79 Å². The molecule has 16 heavy (non-hydrogen) atoms. The fourth-order valence-corrected chi connectivity index (χ4v) is 2.58. The van der Waals surface area contributed by atoms with Crippen LogP contribution in [-0.4, -0.2) is 21.9 Å². The van der Waals surface area contributed by atoms with Gasteiger partial charge in [0.2, 0.25) is 0 Å². The Hall–Kier alpha value is -1.49. The number of aliphatic imine (C=N–C) groups is 1. The standard InChI is InChI=1S/C11H10N2O2S/c14-11-13(6-8-5-12-7-16-8)9-3-1-2-4-10(9)15-11/h1-4,7-8H,5-6H2. The van der Waals surface area contributed by atoms with Gasteiger partial charge in [0.1, 0.15) is 0 Å². The number of hydrogen-bond donors (Lipinski definition) is 0. The lowest BCUT2D eigenvalue weighted by Gasteiger charge is -2.07. The third-order valence-electron chi connectivity index (χ3n) is 2.60. The zero-order chi connectivity index (χ0) is 11.0. The number of para-hydroxylation sites is 2. The van der Waals surface area contributed by atoms with Gasteiger partial charge in [-0.3, -0.25) is 9.56 Å². The van der Waals surface area contributed by atoms with Crippen molar-refractivity contribution in [2.45, 2.75) is 11.8 Å². The van der Waals surface area contributed by atoms with Crippen molar-refractivity contribution in [3.8, 4) is 0 Å². The molecular weight excluding hydrogens is 224 g/mol. The maximum absolute atomic E-state index is 11.7. The van der Waals surface area contributed by atoms with Gasteiger partial charge in [0, 0.05) is 11.8 Å². The second-order valence-corrected chi connectivity index (χ2v) is 4.82. The molecule has 2 heterocycles. The number of oxazole rings is 1. The van der Waals surface area contributed by atoms with Gasteiger partial charge < -0.3 is 4.42 Å². The van der Waals surface area contributed by atoms with Crippen LogP contribution in [0, 0.1) is 0 Å². The lowest BCUT2D eigenvalue weighted by atomic mass is 10.3. The van der Waals surface area contributed by atoms with Crippen molar-refractivity contribution in [2.24, 2.45) is 4.99 Å². The van der Waals surface area contributed by atoms with E-state index < -0.39 is 0 Å². The topological polar surface area (TPSA) is 47.5 Å². The van der Waals surface area contributed by atoms with E-state index in [2.05, 4.69) is 4.99 Å². The van der Waals surface area contributed by atoms with Crippen LogP contribution in [0.1, 0.15) is 0 Å². The minimum absolute atomic E-state index is 0.284. The van der Waals surface area contributed by atoms with E-state index in [0.29, 0.717) is 17.4 Å². The zero-order valence-electron chi connectivity index (χ0n) is 8.50. The van der Waals surface area contributed by atoms with Gasteiger partial charge in [0.05, 0.1) is 17.6 Å². The van der Waals surface area contributed by atoms with Crippen molar-refractivity contribution < 1.29 is 4.42 Å². The predicted molar refractivity (Wildman–Crippen MR) is 65.2 cm³/mol. The summed E-state index contributed by atoms with van der Waals surface area (Å²) < 4.78 is 6.85. The molecule has 1 aromatic carbocycles. The second kappa shape index (κ2) is 3.83. The smallest absolute Gasteiger partial charge is 0.408 e. The van der Waals surface area contributed by atoms with Crippen molar-refractivity contribution in [1.29, 1.82) is 0 Å². The average molecular weight is 234 g/mol. The molecule has 4 nitrogen and oxygen atoms in total. The summed E-state index contributed by atoms with van der Waals surface area (Å²) in [5.41, 5.74) is 3.36. The summed E-state index contributed by atoms with van der Waals surface area (Å²) in [7, 11) is 0. The monoisotopic (exact) mass is 234 g/mol. The van der Waals surface area contributed by atoms with Crippen LogP contribution in [0.4, 0.5) is 0 Å². The van der Waals surface area contributed by atoms with Crippen molar-refractivity contribution >= 4 is 28.4 Å². The van der Waals surface area contributed by atoms with Crippen LogP contribution < -0.4 is 5.76 Å². The third kappa shape index (κ3) is 1.57. The first kappa shape index (κ1) is 9.72. The number of fused-ring (bicyclic) bond motifs is 1. The van der Waals surface area contributed by atoms with E-state index in [1.54, 1.807) is 16.3 Å². The molecule has 0 radical (unpaired) electrons. The lowest BCUT2D eigenvalue weighted by Crippen LogP contribution is -2.21. The van der Waals surface area contributed by atoms with Gasteiger partial charge in [-0.1, -0.05) is 12.1 Å². The van der Waals surface area contributed by atoms with Gasteiger partial charge in [0.15, 0.2) is 5.58 Å². The Labute approximate surface area is 96.0 Å². The molecule has 0 spiro atoms. The van der Waals surface area contributed by atoms with Crippen molar-refractivity contribution in [1.82, 2.24) is 4.57 Å². The molecule has 0 amide bonds. The molecule has 1 unspecified atom stereocenters. The normalized spacial score (nSPS) is 19.6. The molecule has 0 fully saturated rings. The van der Waals surface area contributed by atoms with Gasteiger partial charge in [-0.05, 0) is 12.1 Å².